The van der Waals surface area contributed by atoms with E-state index in [1.54, 1.807) is 30.5 Å². The van der Waals surface area contributed by atoms with Crippen LogP contribution in [0.3, 0.4) is 0 Å². The second-order valence-corrected chi connectivity index (χ2v) is 4.40. The van der Waals surface area contributed by atoms with E-state index in [0.29, 0.717) is 6.42 Å². The van der Waals surface area contributed by atoms with E-state index < -0.39 is 0 Å². The third kappa shape index (κ3) is 4.23. The third-order valence-electron chi connectivity index (χ3n) is 2.85. The summed E-state index contributed by atoms with van der Waals surface area (Å²) in [6, 6.07) is 16.6. The van der Waals surface area contributed by atoms with Gasteiger partial charge in [0.1, 0.15) is 5.75 Å². The number of phenols is 1. The first-order valence-corrected chi connectivity index (χ1v) is 6.25. The Hall–Kier alpha value is -2.13. The second kappa shape index (κ2) is 6.71. The lowest BCUT2D eigenvalue weighted by molar-refractivity contribution is 0.266. The van der Waals surface area contributed by atoms with Gasteiger partial charge < -0.3 is 10.2 Å². The minimum atomic E-state index is -0.142. The zero-order valence-corrected chi connectivity index (χ0v) is 10.6. The van der Waals surface area contributed by atoms with Crippen molar-refractivity contribution in [2.75, 3.05) is 6.61 Å². The highest BCUT2D eigenvalue weighted by atomic mass is 16.3. The van der Waals surface area contributed by atoms with Gasteiger partial charge in [-0.3, -0.25) is 4.99 Å². The van der Waals surface area contributed by atoms with Crippen LogP contribution in [0.5, 0.6) is 5.75 Å². The van der Waals surface area contributed by atoms with Crippen molar-refractivity contribution in [2.45, 2.75) is 12.5 Å². The van der Waals surface area contributed by atoms with Gasteiger partial charge >= 0.3 is 0 Å². The fourth-order valence-electron chi connectivity index (χ4n) is 1.80. The average Bonchev–Trinajstić information content (AvgIpc) is 2.46. The Morgan fingerprint density at radius 3 is 2.32 bits per heavy atom. The number of hydrogen-bond acceptors (Lipinski definition) is 3. The molecule has 3 nitrogen and oxygen atoms in total. The summed E-state index contributed by atoms with van der Waals surface area (Å²) < 4.78 is 0. The molecule has 0 aliphatic rings. The van der Waals surface area contributed by atoms with Crippen molar-refractivity contribution in [1.29, 1.82) is 0 Å². The van der Waals surface area contributed by atoms with Gasteiger partial charge in [-0.05, 0) is 41.8 Å². The van der Waals surface area contributed by atoms with Crippen LogP contribution in [0.15, 0.2) is 59.6 Å². The van der Waals surface area contributed by atoms with Crippen LogP contribution in [0.1, 0.15) is 11.1 Å². The molecule has 0 amide bonds. The molecule has 0 saturated carbocycles. The molecule has 0 saturated heterocycles. The summed E-state index contributed by atoms with van der Waals surface area (Å²) in [4.78, 5) is 4.38. The van der Waals surface area contributed by atoms with Gasteiger partial charge in [-0.1, -0.05) is 30.3 Å². The number of rotatable bonds is 5. The Labute approximate surface area is 112 Å². The molecule has 2 aromatic carbocycles. The van der Waals surface area contributed by atoms with Crippen LogP contribution < -0.4 is 0 Å². The number of aliphatic hydroxyl groups is 1. The molecule has 2 N–H and O–H groups in total. The summed E-state index contributed by atoms with van der Waals surface area (Å²) in [6.07, 6.45) is 2.44. The number of hydrogen-bond donors (Lipinski definition) is 2. The monoisotopic (exact) mass is 255 g/mol. The van der Waals surface area contributed by atoms with Gasteiger partial charge in [-0.2, -0.15) is 0 Å². The van der Waals surface area contributed by atoms with Crippen LogP contribution in [0.2, 0.25) is 0 Å². The predicted molar refractivity (Wildman–Crippen MR) is 76.7 cm³/mol. The Morgan fingerprint density at radius 1 is 1.00 bits per heavy atom. The Bertz CT molecular complexity index is 520. The molecule has 0 spiro atoms. The zero-order valence-electron chi connectivity index (χ0n) is 10.6. The van der Waals surface area contributed by atoms with Crippen molar-refractivity contribution < 1.29 is 10.2 Å². The molecule has 0 radical (unpaired) electrons. The van der Waals surface area contributed by atoms with Crippen LogP contribution >= 0.6 is 0 Å². The SMILES string of the molecule is OC[C@@H](Cc1ccccc1)N=Cc1ccc(O)cc1. The molecule has 0 aromatic heterocycles. The minimum absolute atomic E-state index is 0.0173. The summed E-state index contributed by atoms with van der Waals surface area (Å²) in [5.41, 5.74) is 2.06. The van der Waals surface area contributed by atoms with Crippen LogP contribution in [0.25, 0.3) is 0 Å². The topological polar surface area (TPSA) is 52.8 Å². The maximum absolute atomic E-state index is 9.36. The normalized spacial score (nSPS) is 12.7. The lowest BCUT2D eigenvalue weighted by Gasteiger charge is -2.09. The fraction of sp³-hybridized carbons (Fsp3) is 0.188. The summed E-state index contributed by atoms with van der Waals surface area (Å²) in [6.45, 7) is 0.0173. The van der Waals surface area contributed by atoms with Gasteiger partial charge in [0, 0.05) is 6.21 Å². The standard InChI is InChI=1S/C16H17NO2/c18-12-15(10-13-4-2-1-3-5-13)17-11-14-6-8-16(19)9-7-14/h1-9,11,15,18-19H,10,12H2/t15-/m1/s1. The first-order chi connectivity index (χ1) is 9.28. The zero-order chi connectivity index (χ0) is 13.5. The lowest BCUT2D eigenvalue weighted by Crippen LogP contribution is -2.14. The third-order valence-corrected chi connectivity index (χ3v) is 2.85. The molecule has 19 heavy (non-hydrogen) atoms. The predicted octanol–water partition coefficient (Wildman–Crippen LogP) is 2.41. The van der Waals surface area contributed by atoms with Crippen molar-refractivity contribution in [3.05, 3.63) is 65.7 Å². The smallest absolute Gasteiger partial charge is 0.115 e. The molecule has 3 heteroatoms. The number of aliphatic imine (C=N–C) groups is 1. The minimum Gasteiger partial charge on any atom is -0.508 e. The molecule has 0 heterocycles. The van der Waals surface area contributed by atoms with Gasteiger partial charge in [0.2, 0.25) is 0 Å². The summed E-state index contributed by atoms with van der Waals surface area (Å²) in [7, 11) is 0. The molecular formula is C16H17NO2. The van der Waals surface area contributed by atoms with E-state index in [-0.39, 0.29) is 18.4 Å². The Balaban J connectivity index is 2.00. The number of aromatic hydroxyl groups is 1. The van der Waals surface area contributed by atoms with E-state index in [1.165, 1.54) is 0 Å². The Morgan fingerprint density at radius 2 is 1.68 bits per heavy atom. The molecule has 0 aliphatic carbocycles. The highest BCUT2D eigenvalue weighted by Crippen LogP contribution is 2.09. The average molecular weight is 255 g/mol. The largest absolute Gasteiger partial charge is 0.508 e. The lowest BCUT2D eigenvalue weighted by atomic mass is 10.1. The van der Waals surface area contributed by atoms with Crippen LogP contribution in [0, 0.1) is 0 Å². The molecule has 0 unspecified atom stereocenters. The maximum atomic E-state index is 9.36. The van der Waals surface area contributed by atoms with E-state index in [4.69, 9.17) is 0 Å². The number of nitrogens with zero attached hydrogens (tertiary/aromatic N) is 1. The number of benzene rings is 2. The summed E-state index contributed by atoms with van der Waals surface area (Å²) >= 11 is 0. The summed E-state index contributed by atoms with van der Waals surface area (Å²) in [5, 5.41) is 18.5. The van der Waals surface area contributed by atoms with Crippen LogP contribution in [0.4, 0.5) is 0 Å². The van der Waals surface area contributed by atoms with E-state index in [2.05, 4.69) is 4.99 Å². The van der Waals surface area contributed by atoms with Gasteiger partial charge in [0.05, 0.1) is 12.6 Å². The van der Waals surface area contributed by atoms with Crippen LogP contribution in [-0.4, -0.2) is 29.1 Å². The van der Waals surface area contributed by atoms with Gasteiger partial charge in [0.15, 0.2) is 0 Å². The molecule has 98 valence electrons. The molecule has 2 rings (SSSR count). The van der Waals surface area contributed by atoms with E-state index in [9.17, 15) is 10.2 Å². The second-order valence-electron chi connectivity index (χ2n) is 4.40. The van der Waals surface area contributed by atoms with Crippen molar-refractivity contribution in [3.8, 4) is 5.75 Å². The van der Waals surface area contributed by atoms with E-state index >= 15 is 0 Å². The molecule has 2 aromatic rings. The van der Waals surface area contributed by atoms with Crippen LogP contribution in [-0.2, 0) is 6.42 Å². The maximum Gasteiger partial charge on any atom is 0.115 e. The van der Waals surface area contributed by atoms with Gasteiger partial charge in [0.25, 0.3) is 0 Å². The number of phenolic OH excluding ortho intramolecular Hbond substituents is 1. The van der Waals surface area contributed by atoms with Crippen molar-refractivity contribution >= 4 is 6.21 Å². The fourth-order valence-corrected chi connectivity index (χ4v) is 1.80. The van der Waals surface area contributed by atoms with Crippen molar-refractivity contribution in [1.82, 2.24) is 0 Å². The summed E-state index contributed by atoms with van der Waals surface area (Å²) in [5.74, 6) is 0.236. The molecule has 0 bridgehead atoms. The molecule has 0 aliphatic heterocycles. The molecule has 1 atom stereocenters. The van der Waals surface area contributed by atoms with Crippen molar-refractivity contribution in [2.24, 2.45) is 4.99 Å². The number of aliphatic hydroxyl groups excluding tert-OH is 1. The molecular weight excluding hydrogens is 238 g/mol. The highest BCUT2D eigenvalue weighted by Gasteiger charge is 2.05. The van der Waals surface area contributed by atoms with E-state index in [1.807, 2.05) is 30.3 Å². The van der Waals surface area contributed by atoms with Gasteiger partial charge in [-0.25, -0.2) is 0 Å². The molecule has 0 fully saturated rings. The van der Waals surface area contributed by atoms with Crippen molar-refractivity contribution in [3.63, 3.8) is 0 Å². The first-order valence-electron chi connectivity index (χ1n) is 6.25. The Kier molecular flexibility index (Phi) is 4.70. The first kappa shape index (κ1) is 13.3. The quantitative estimate of drug-likeness (QED) is 0.806. The highest BCUT2D eigenvalue weighted by molar-refractivity contribution is 5.79. The van der Waals surface area contributed by atoms with E-state index in [0.717, 1.165) is 11.1 Å². The van der Waals surface area contributed by atoms with Gasteiger partial charge in [-0.15, -0.1) is 0 Å².